The van der Waals surface area contributed by atoms with Crippen LogP contribution in [0.5, 0.6) is 11.5 Å². The zero-order valence-corrected chi connectivity index (χ0v) is 21.6. The zero-order valence-electron chi connectivity index (χ0n) is 20.8. The minimum atomic E-state index is -3.94. The third-order valence-electron chi connectivity index (χ3n) is 5.71. The molecule has 3 aromatic rings. The summed E-state index contributed by atoms with van der Waals surface area (Å²) in [6.45, 7) is 3.67. The Morgan fingerprint density at radius 2 is 1.76 bits per heavy atom. The van der Waals surface area contributed by atoms with Gasteiger partial charge in [0.1, 0.15) is 16.4 Å². The topological polar surface area (TPSA) is 114 Å². The summed E-state index contributed by atoms with van der Waals surface area (Å²) in [6.07, 6.45) is -0.952. The lowest BCUT2D eigenvalue weighted by Gasteiger charge is -2.34. The maximum atomic E-state index is 13.7. The second-order valence-corrected chi connectivity index (χ2v) is 10.5. The molecule has 10 heteroatoms. The lowest BCUT2D eigenvalue weighted by atomic mass is 10.1. The van der Waals surface area contributed by atoms with E-state index in [1.165, 1.54) is 30.2 Å². The number of methoxy groups -OCH3 is 1. The Balaban J connectivity index is 1.62. The average molecular weight is 524 g/mol. The Bertz CT molecular complexity index is 1390. The van der Waals surface area contributed by atoms with Crippen LogP contribution in [0.15, 0.2) is 77.7 Å². The summed E-state index contributed by atoms with van der Waals surface area (Å²) in [4.78, 5) is 28.0. The summed E-state index contributed by atoms with van der Waals surface area (Å²) in [5, 5.41) is 2.85. The van der Waals surface area contributed by atoms with Crippen molar-refractivity contribution < 1.29 is 27.5 Å². The number of sulfonamides is 1. The average Bonchev–Trinajstić information content (AvgIpc) is 2.90. The normalized spacial score (nSPS) is 15.0. The quantitative estimate of drug-likeness (QED) is 0.469. The van der Waals surface area contributed by atoms with Crippen molar-refractivity contribution >= 4 is 27.5 Å². The highest BCUT2D eigenvalue weighted by molar-refractivity contribution is 7.89. The van der Waals surface area contributed by atoms with E-state index in [9.17, 15) is 18.0 Å². The first-order valence-electron chi connectivity index (χ1n) is 11.8. The standard InChI is InChI=1S/C27H29N3O6S/c1-18(2)29-37(33,34)25-15-20(13-14-23(25)35-3)27(32)30-17-24(36-22-12-8-7-11-21(22)30)26(31)28-16-19-9-5-4-6-10-19/h4-15,18,24,29H,16-17H2,1-3H3,(H,28,31). The van der Waals surface area contributed by atoms with Crippen LogP contribution in [0.1, 0.15) is 29.8 Å². The van der Waals surface area contributed by atoms with Crippen LogP contribution in [-0.2, 0) is 21.4 Å². The lowest BCUT2D eigenvalue weighted by Crippen LogP contribution is -2.50. The molecular weight excluding hydrogens is 494 g/mol. The Morgan fingerprint density at radius 1 is 1.05 bits per heavy atom. The summed E-state index contributed by atoms with van der Waals surface area (Å²) in [5.41, 5.74) is 1.55. The number of amides is 2. The molecule has 0 spiro atoms. The van der Waals surface area contributed by atoms with Crippen LogP contribution in [0.25, 0.3) is 0 Å². The van der Waals surface area contributed by atoms with Crippen LogP contribution in [0.4, 0.5) is 5.69 Å². The largest absolute Gasteiger partial charge is 0.495 e. The van der Waals surface area contributed by atoms with Crippen LogP contribution in [-0.4, -0.2) is 46.0 Å². The molecule has 0 saturated heterocycles. The fourth-order valence-corrected chi connectivity index (χ4v) is 5.46. The molecule has 1 aliphatic heterocycles. The first kappa shape index (κ1) is 26.2. The maximum Gasteiger partial charge on any atom is 0.263 e. The van der Waals surface area contributed by atoms with Crippen molar-refractivity contribution in [2.75, 3.05) is 18.6 Å². The monoisotopic (exact) mass is 523 g/mol. The molecule has 2 N–H and O–H groups in total. The Kier molecular flexibility index (Phi) is 7.80. The molecule has 0 aliphatic carbocycles. The molecule has 1 atom stereocenters. The smallest absolute Gasteiger partial charge is 0.263 e. The fourth-order valence-electron chi connectivity index (χ4n) is 4.01. The number of benzene rings is 3. The van der Waals surface area contributed by atoms with Gasteiger partial charge in [-0.25, -0.2) is 13.1 Å². The van der Waals surface area contributed by atoms with Crippen molar-refractivity contribution in [2.45, 2.75) is 37.4 Å². The number of nitrogens with zero attached hydrogens (tertiary/aromatic N) is 1. The van der Waals surface area contributed by atoms with Crippen molar-refractivity contribution in [2.24, 2.45) is 0 Å². The number of nitrogens with one attached hydrogen (secondary N) is 2. The van der Waals surface area contributed by atoms with Gasteiger partial charge < -0.3 is 19.7 Å². The first-order chi connectivity index (χ1) is 17.7. The number of para-hydroxylation sites is 2. The zero-order chi connectivity index (χ0) is 26.6. The molecule has 0 saturated carbocycles. The highest BCUT2D eigenvalue weighted by Crippen LogP contribution is 2.35. The molecule has 9 nitrogen and oxygen atoms in total. The van der Waals surface area contributed by atoms with Gasteiger partial charge in [0.2, 0.25) is 10.0 Å². The van der Waals surface area contributed by atoms with E-state index in [1.807, 2.05) is 30.3 Å². The molecule has 1 heterocycles. The number of hydrogen-bond acceptors (Lipinski definition) is 6. The number of anilines is 1. The van der Waals surface area contributed by atoms with Crippen LogP contribution in [0.2, 0.25) is 0 Å². The van der Waals surface area contributed by atoms with Gasteiger partial charge >= 0.3 is 0 Å². The van der Waals surface area contributed by atoms with Crippen LogP contribution >= 0.6 is 0 Å². The van der Waals surface area contributed by atoms with E-state index in [4.69, 9.17) is 9.47 Å². The second kappa shape index (κ2) is 11.0. The number of fused-ring (bicyclic) bond motifs is 1. The van der Waals surface area contributed by atoms with Gasteiger partial charge in [0.25, 0.3) is 11.8 Å². The number of carbonyl (C=O) groups excluding carboxylic acids is 2. The van der Waals surface area contributed by atoms with Crippen molar-refractivity contribution in [1.82, 2.24) is 10.0 Å². The van der Waals surface area contributed by atoms with Crippen molar-refractivity contribution in [3.05, 3.63) is 83.9 Å². The summed E-state index contributed by atoms with van der Waals surface area (Å²) in [5.74, 6) is -0.342. The van der Waals surface area contributed by atoms with Crippen LogP contribution < -0.4 is 24.4 Å². The van der Waals surface area contributed by atoms with Gasteiger partial charge in [0, 0.05) is 18.2 Å². The molecule has 194 valence electrons. The number of ether oxygens (including phenoxy) is 2. The van der Waals surface area contributed by atoms with E-state index in [-0.39, 0.29) is 34.7 Å². The van der Waals surface area contributed by atoms with E-state index >= 15 is 0 Å². The molecule has 0 aromatic heterocycles. The Labute approximate surface area is 216 Å². The number of hydrogen-bond donors (Lipinski definition) is 2. The molecule has 0 bridgehead atoms. The lowest BCUT2D eigenvalue weighted by molar-refractivity contribution is -0.128. The number of carbonyl (C=O) groups is 2. The van der Waals surface area contributed by atoms with Crippen LogP contribution in [0, 0.1) is 0 Å². The van der Waals surface area contributed by atoms with Crippen molar-refractivity contribution in [1.29, 1.82) is 0 Å². The van der Waals surface area contributed by atoms with Crippen LogP contribution in [0.3, 0.4) is 0 Å². The van der Waals surface area contributed by atoms with Crippen molar-refractivity contribution in [3.8, 4) is 11.5 Å². The van der Waals surface area contributed by atoms with Gasteiger partial charge in [0.05, 0.1) is 19.3 Å². The van der Waals surface area contributed by atoms with Gasteiger partial charge in [-0.3, -0.25) is 9.59 Å². The third kappa shape index (κ3) is 5.92. The minimum Gasteiger partial charge on any atom is -0.495 e. The third-order valence-corrected chi connectivity index (χ3v) is 7.39. The molecule has 2 amide bonds. The SMILES string of the molecule is COc1ccc(C(=O)N2CC(C(=O)NCc3ccccc3)Oc3ccccc32)cc1S(=O)(=O)NC(C)C. The van der Waals surface area contributed by atoms with Gasteiger partial charge in [-0.15, -0.1) is 0 Å². The minimum absolute atomic E-state index is 0.0468. The summed E-state index contributed by atoms with van der Waals surface area (Å²) in [7, 11) is -2.58. The van der Waals surface area contributed by atoms with E-state index in [0.29, 0.717) is 18.0 Å². The maximum absolute atomic E-state index is 13.7. The summed E-state index contributed by atoms with van der Waals surface area (Å²) >= 11 is 0. The predicted octanol–water partition coefficient (Wildman–Crippen LogP) is 3.11. The summed E-state index contributed by atoms with van der Waals surface area (Å²) in [6, 6.07) is 20.2. The molecule has 1 aliphatic rings. The Morgan fingerprint density at radius 3 is 2.46 bits per heavy atom. The Hall–Kier alpha value is -3.89. The first-order valence-corrected chi connectivity index (χ1v) is 13.3. The highest BCUT2D eigenvalue weighted by Gasteiger charge is 2.35. The van der Waals surface area contributed by atoms with Crippen molar-refractivity contribution in [3.63, 3.8) is 0 Å². The molecule has 1 unspecified atom stereocenters. The molecule has 4 rings (SSSR count). The molecule has 0 radical (unpaired) electrons. The van der Waals surface area contributed by atoms with Gasteiger partial charge in [-0.05, 0) is 49.7 Å². The van der Waals surface area contributed by atoms with E-state index in [0.717, 1.165) is 5.56 Å². The van der Waals surface area contributed by atoms with Gasteiger partial charge in [0.15, 0.2) is 6.10 Å². The van der Waals surface area contributed by atoms with E-state index < -0.39 is 22.0 Å². The van der Waals surface area contributed by atoms with E-state index in [2.05, 4.69) is 10.0 Å². The fraction of sp³-hybridized carbons (Fsp3) is 0.259. The molecule has 3 aromatic carbocycles. The molecular formula is C27H29N3O6S. The van der Waals surface area contributed by atoms with Gasteiger partial charge in [-0.1, -0.05) is 42.5 Å². The predicted molar refractivity (Wildman–Crippen MR) is 139 cm³/mol. The second-order valence-electron chi connectivity index (χ2n) is 8.84. The molecule has 37 heavy (non-hydrogen) atoms. The van der Waals surface area contributed by atoms with Gasteiger partial charge in [-0.2, -0.15) is 0 Å². The molecule has 0 fully saturated rings. The highest BCUT2D eigenvalue weighted by atomic mass is 32.2. The van der Waals surface area contributed by atoms with E-state index in [1.54, 1.807) is 38.1 Å². The number of rotatable bonds is 8. The summed E-state index contributed by atoms with van der Waals surface area (Å²) < 4.78 is 39.5.